The Morgan fingerprint density at radius 2 is 1.85 bits per heavy atom. The molecule has 0 radical (unpaired) electrons. The summed E-state index contributed by atoms with van der Waals surface area (Å²) in [6, 6.07) is 9.66. The zero-order valence-electron chi connectivity index (χ0n) is 15.1. The molecular weight excluding hydrogens is 372 g/mol. The molecule has 0 atom stereocenters. The predicted molar refractivity (Wildman–Crippen MR) is 105 cm³/mol. The Kier molecular flexibility index (Phi) is 6.67. The Balaban J connectivity index is 2.37. The van der Waals surface area contributed by atoms with Crippen molar-refractivity contribution in [1.29, 1.82) is 0 Å². The van der Waals surface area contributed by atoms with Crippen LogP contribution in [0, 0.1) is 13.8 Å². The van der Waals surface area contributed by atoms with Gasteiger partial charge in [0.2, 0.25) is 0 Å². The lowest BCUT2D eigenvalue weighted by Crippen LogP contribution is -2.21. The average Bonchev–Trinajstić information content (AvgIpc) is 2.59. The molecule has 2 aromatic carbocycles. The Morgan fingerprint density at radius 1 is 1.19 bits per heavy atom. The second-order valence-electron chi connectivity index (χ2n) is 6.19. The van der Waals surface area contributed by atoms with Crippen LogP contribution in [0.5, 0.6) is 5.75 Å². The monoisotopic (exact) mass is 394 g/mol. The molecule has 2 rings (SSSR count). The maximum absolute atomic E-state index is 12.5. The third-order valence-corrected chi connectivity index (χ3v) is 5.62. The van der Waals surface area contributed by atoms with Crippen LogP contribution in [-0.4, -0.2) is 19.2 Å². The maximum atomic E-state index is 12.5. The average molecular weight is 395 g/mol. The number of nitrogens with zero attached hydrogens (tertiary/aromatic N) is 1. The number of rotatable bonds is 7. The molecule has 0 aromatic heterocycles. The van der Waals surface area contributed by atoms with Gasteiger partial charge in [-0.3, -0.25) is 0 Å². The van der Waals surface area contributed by atoms with Crippen molar-refractivity contribution < 1.29 is 13.5 Å². The van der Waals surface area contributed by atoms with Crippen molar-refractivity contribution in [3.63, 3.8) is 0 Å². The lowest BCUT2D eigenvalue weighted by atomic mass is 10.0. The number of hydrazone groups is 1. The number of hydrogen-bond acceptors (Lipinski definition) is 4. The van der Waals surface area contributed by atoms with Gasteiger partial charge in [0.05, 0.1) is 10.6 Å². The SMILES string of the molecule is CCCC/C(=N\NS(=O)(=O)c1ccc(C)cc1)c1cc(Cl)c(C)cc1O. The summed E-state index contributed by atoms with van der Waals surface area (Å²) in [5.74, 6) is 0.0243. The first-order chi connectivity index (χ1) is 12.2. The minimum Gasteiger partial charge on any atom is -0.507 e. The van der Waals surface area contributed by atoms with Crippen molar-refractivity contribution in [2.75, 3.05) is 0 Å². The van der Waals surface area contributed by atoms with Crippen LogP contribution in [0.15, 0.2) is 46.4 Å². The van der Waals surface area contributed by atoms with E-state index < -0.39 is 10.0 Å². The molecule has 7 heteroatoms. The zero-order valence-corrected chi connectivity index (χ0v) is 16.7. The number of hydrogen-bond donors (Lipinski definition) is 2. The van der Waals surface area contributed by atoms with Crippen LogP contribution in [0.4, 0.5) is 0 Å². The van der Waals surface area contributed by atoms with Gasteiger partial charge in [0.15, 0.2) is 0 Å². The summed E-state index contributed by atoms with van der Waals surface area (Å²) in [5, 5.41) is 14.8. The van der Waals surface area contributed by atoms with E-state index in [1.165, 1.54) is 12.1 Å². The van der Waals surface area contributed by atoms with Gasteiger partial charge in [-0.05, 0) is 56.5 Å². The lowest BCUT2D eigenvalue weighted by Gasteiger charge is -2.12. The highest BCUT2D eigenvalue weighted by Crippen LogP contribution is 2.27. The molecule has 0 saturated heterocycles. The molecule has 2 aromatic rings. The lowest BCUT2D eigenvalue weighted by molar-refractivity contribution is 0.473. The van der Waals surface area contributed by atoms with E-state index in [0.717, 1.165) is 24.0 Å². The number of sulfonamides is 1. The summed E-state index contributed by atoms with van der Waals surface area (Å²) in [5.41, 5.74) is 2.58. The fourth-order valence-corrected chi connectivity index (χ4v) is 3.37. The van der Waals surface area contributed by atoms with Crippen molar-refractivity contribution >= 4 is 27.3 Å². The number of aryl methyl sites for hydroxylation is 2. The molecule has 0 aliphatic rings. The fraction of sp³-hybridized carbons (Fsp3) is 0.316. The van der Waals surface area contributed by atoms with Crippen LogP contribution in [0.2, 0.25) is 5.02 Å². The Bertz CT molecular complexity index is 907. The topological polar surface area (TPSA) is 78.8 Å². The number of unbranched alkanes of at least 4 members (excludes halogenated alkanes) is 1. The molecule has 0 fully saturated rings. The molecule has 2 N–H and O–H groups in total. The highest BCUT2D eigenvalue weighted by atomic mass is 35.5. The zero-order chi connectivity index (χ0) is 19.3. The van der Waals surface area contributed by atoms with Crippen molar-refractivity contribution in [2.45, 2.75) is 44.9 Å². The van der Waals surface area contributed by atoms with Crippen LogP contribution in [0.25, 0.3) is 0 Å². The second-order valence-corrected chi connectivity index (χ2v) is 8.26. The van der Waals surface area contributed by atoms with Gasteiger partial charge < -0.3 is 5.11 Å². The number of nitrogens with one attached hydrogen (secondary N) is 1. The first-order valence-corrected chi connectivity index (χ1v) is 10.2. The third-order valence-electron chi connectivity index (χ3n) is 3.99. The molecule has 0 aliphatic heterocycles. The van der Waals surface area contributed by atoms with Crippen molar-refractivity contribution in [2.24, 2.45) is 5.10 Å². The van der Waals surface area contributed by atoms with E-state index in [2.05, 4.69) is 9.93 Å². The van der Waals surface area contributed by atoms with E-state index in [1.54, 1.807) is 31.2 Å². The Morgan fingerprint density at radius 3 is 2.46 bits per heavy atom. The van der Waals surface area contributed by atoms with Crippen molar-refractivity contribution in [1.82, 2.24) is 4.83 Å². The fourth-order valence-electron chi connectivity index (χ4n) is 2.38. The molecule has 0 amide bonds. The van der Waals surface area contributed by atoms with E-state index in [0.29, 0.717) is 22.7 Å². The van der Waals surface area contributed by atoms with Crippen LogP contribution in [-0.2, 0) is 10.0 Å². The summed E-state index contributed by atoms with van der Waals surface area (Å²) >= 11 is 6.16. The molecule has 0 unspecified atom stereocenters. The first kappa shape index (κ1) is 20.3. The summed E-state index contributed by atoms with van der Waals surface area (Å²) in [7, 11) is -3.79. The molecule has 0 bridgehead atoms. The van der Waals surface area contributed by atoms with Gasteiger partial charge in [-0.1, -0.05) is 42.6 Å². The van der Waals surface area contributed by atoms with E-state index in [1.807, 2.05) is 13.8 Å². The molecular formula is C19H23ClN2O3S. The number of aromatic hydroxyl groups is 1. The molecule has 0 heterocycles. The van der Waals surface area contributed by atoms with Gasteiger partial charge >= 0.3 is 0 Å². The highest BCUT2D eigenvalue weighted by Gasteiger charge is 2.16. The summed E-state index contributed by atoms with van der Waals surface area (Å²) < 4.78 is 24.9. The normalized spacial score (nSPS) is 12.2. The molecule has 140 valence electrons. The smallest absolute Gasteiger partial charge is 0.276 e. The minimum absolute atomic E-state index is 0.0243. The first-order valence-electron chi connectivity index (χ1n) is 8.39. The quantitative estimate of drug-likeness (QED) is 0.534. The van der Waals surface area contributed by atoms with Crippen LogP contribution >= 0.6 is 11.6 Å². The van der Waals surface area contributed by atoms with Crippen molar-refractivity contribution in [3.8, 4) is 5.75 Å². The number of phenols is 1. The standard InChI is InChI=1S/C19H23ClN2O3S/c1-4-5-6-18(16-12-17(20)14(3)11-19(16)23)21-22-26(24,25)15-9-7-13(2)8-10-15/h7-12,22-23H,4-6H2,1-3H3/b21-18+. The molecule has 0 spiro atoms. The molecule has 26 heavy (non-hydrogen) atoms. The van der Waals surface area contributed by atoms with Crippen LogP contribution in [0.3, 0.4) is 0 Å². The second kappa shape index (κ2) is 8.56. The Labute approximate surface area is 159 Å². The van der Waals surface area contributed by atoms with E-state index in [4.69, 9.17) is 11.6 Å². The summed E-state index contributed by atoms with van der Waals surface area (Å²) in [6.45, 7) is 5.69. The number of benzene rings is 2. The van der Waals surface area contributed by atoms with Gasteiger partial charge in [0.1, 0.15) is 5.75 Å². The minimum atomic E-state index is -3.79. The molecule has 5 nitrogen and oxygen atoms in total. The van der Waals surface area contributed by atoms with E-state index >= 15 is 0 Å². The van der Waals surface area contributed by atoms with Crippen LogP contribution in [0.1, 0.15) is 42.9 Å². The summed E-state index contributed by atoms with van der Waals surface area (Å²) in [6.07, 6.45) is 2.22. The van der Waals surface area contributed by atoms with Gasteiger partial charge in [-0.15, -0.1) is 0 Å². The molecule has 0 aliphatic carbocycles. The van der Waals surface area contributed by atoms with E-state index in [9.17, 15) is 13.5 Å². The predicted octanol–water partition coefficient (Wildman–Crippen LogP) is 4.54. The van der Waals surface area contributed by atoms with Gasteiger partial charge in [0.25, 0.3) is 10.0 Å². The van der Waals surface area contributed by atoms with Gasteiger partial charge in [-0.25, -0.2) is 0 Å². The summed E-state index contributed by atoms with van der Waals surface area (Å²) in [4.78, 5) is 2.40. The van der Waals surface area contributed by atoms with Crippen molar-refractivity contribution in [3.05, 3.63) is 58.1 Å². The Hall–Kier alpha value is -2.05. The highest BCUT2D eigenvalue weighted by molar-refractivity contribution is 7.89. The molecule has 0 saturated carbocycles. The largest absolute Gasteiger partial charge is 0.507 e. The van der Waals surface area contributed by atoms with E-state index in [-0.39, 0.29) is 10.6 Å². The van der Waals surface area contributed by atoms with Crippen LogP contribution < -0.4 is 4.83 Å². The van der Waals surface area contributed by atoms with Gasteiger partial charge in [0, 0.05) is 10.6 Å². The maximum Gasteiger partial charge on any atom is 0.276 e. The number of halogens is 1. The third kappa shape index (κ3) is 4.99. The number of phenolic OH excluding ortho intramolecular Hbond substituents is 1. The van der Waals surface area contributed by atoms with Gasteiger partial charge in [-0.2, -0.15) is 18.4 Å².